The van der Waals surface area contributed by atoms with E-state index in [-0.39, 0.29) is 6.04 Å². The molecule has 0 saturated carbocycles. The van der Waals surface area contributed by atoms with Crippen molar-refractivity contribution >= 4 is 0 Å². The monoisotopic (exact) mass is 257 g/mol. The largest absolute Gasteiger partial charge is 0.491 e. The molecule has 19 heavy (non-hydrogen) atoms. The number of imidazole rings is 1. The molecule has 0 saturated heterocycles. The first kappa shape index (κ1) is 12.2. The van der Waals surface area contributed by atoms with Crippen LogP contribution in [0, 0.1) is 0 Å². The number of benzene rings is 1. The second-order valence-corrected chi connectivity index (χ2v) is 4.86. The van der Waals surface area contributed by atoms with Gasteiger partial charge in [0, 0.05) is 24.8 Å². The van der Waals surface area contributed by atoms with E-state index in [0.29, 0.717) is 6.61 Å². The van der Waals surface area contributed by atoms with Crippen molar-refractivity contribution in [1.29, 1.82) is 0 Å². The molecule has 0 radical (unpaired) electrons. The summed E-state index contributed by atoms with van der Waals surface area (Å²) in [7, 11) is 0. The van der Waals surface area contributed by atoms with Gasteiger partial charge in [0.1, 0.15) is 12.4 Å². The quantitative estimate of drug-likeness (QED) is 0.894. The normalized spacial score (nSPS) is 17.2. The van der Waals surface area contributed by atoms with E-state index in [2.05, 4.69) is 33.9 Å². The number of ether oxygens (including phenoxy) is 1. The van der Waals surface area contributed by atoms with Gasteiger partial charge in [-0.15, -0.1) is 0 Å². The van der Waals surface area contributed by atoms with Crippen LogP contribution in [0.15, 0.2) is 36.8 Å². The van der Waals surface area contributed by atoms with Crippen LogP contribution in [0.5, 0.6) is 5.75 Å². The molecule has 2 aromatic rings. The number of nitrogens with zero attached hydrogens (tertiary/aromatic N) is 2. The van der Waals surface area contributed by atoms with Crippen molar-refractivity contribution in [3.8, 4) is 5.75 Å². The van der Waals surface area contributed by atoms with Crippen molar-refractivity contribution in [2.75, 3.05) is 6.61 Å². The fraction of sp³-hybridized carbons (Fsp3) is 0.400. The van der Waals surface area contributed by atoms with Gasteiger partial charge in [0.15, 0.2) is 0 Å². The fourth-order valence-corrected chi connectivity index (χ4v) is 2.50. The zero-order valence-electron chi connectivity index (χ0n) is 11.2. The molecule has 1 atom stereocenters. The second kappa shape index (κ2) is 5.45. The van der Waals surface area contributed by atoms with Gasteiger partial charge in [-0.2, -0.15) is 0 Å². The van der Waals surface area contributed by atoms with E-state index < -0.39 is 0 Å². The Bertz CT molecular complexity index is 550. The Labute approximate surface area is 113 Å². The lowest BCUT2D eigenvalue weighted by atomic mass is 10.1. The Balaban J connectivity index is 1.66. The van der Waals surface area contributed by atoms with Crippen molar-refractivity contribution in [2.24, 2.45) is 0 Å². The lowest BCUT2D eigenvalue weighted by Gasteiger charge is -2.12. The van der Waals surface area contributed by atoms with Gasteiger partial charge >= 0.3 is 0 Å². The molecule has 4 heteroatoms. The molecule has 0 amide bonds. The average molecular weight is 257 g/mol. The highest BCUT2D eigenvalue weighted by atomic mass is 16.5. The number of fused-ring (bicyclic) bond motifs is 1. The second-order valence-electron chi connectivity index (χ2n) is 4.86. The maximum atomic E-state index is 5.67. The number of aryl methyl sites for hydroxylation is 1. The molecule has 1 aliphatic heterocycles. The first-order valence-electron chi connectivity index (χ1n) is 6.82. The van der Waals surface area contributed by atoms with Crippen LogP contribution in [0.1, 0.15) is 30.6 Å². The van der Waals surface area contributed by atoms with Crippen LogP contribution >= 0.6 is 0 Å². The molecule has 2 heterocycles. The lowest BCUT2D eigenvalue weighted by Crippen LogP contribution is -2.23. The Hall–Kier alpha value is -1.81. The third-order valence-electron chi connectivity index (χ3n) is 3.49. The third-order valence-corrected chi connectivity index (χ3v) is 3.49. The summed E-state index contributed by atoms with van der Waals surface area (Å²) in [5.74, 6) is 1.00. The third kappa shape index (κ3) is 2.49. The summed E-state index contributed by atoms with van der Waals surface area (Å²) >= 11 is 0. The summed E-state index contributed by atoms with van der Waals surface area (Å²) in [5.41, 5.74) is 2.48. The highest BCUT2D eigenvalue weighted by molar-refractivity contribution is 5.39. The van der Waals surface area contributed by atoms with Crippen molar-refractivity contribution in [3.05, 3.63) is 48.0 Å². The summed E-state index contributed by atoms with van der Waals surface area (Å²) in [4.78, 5) is 4.22. The summed E-state index contributed by atoms with van der Waals surface area (Å²) < 4.78 is 7.88. The molecule has 0 aliphatic carbocycles. The average Bonchev–Trinajstić information content (AvgIpc) is 3.04. The van der Waals surface area contributed by atoms with Crippen molar-refractivity contribution in [3.63, 3.8) is 0 Å². The number of para-hydroxylation sites is 1. The van der Waals surface area contributed by atoms with Crippen LogP contribution in [0.3, 0.4) is 0 Å². The molecule has 1 aromatic carbocycles. The highest BCUT2D eigenvalue weighted by Crippen LogP contribution is 2.31. The summed E-state index contributed by atoms with van der Waals surface area (Å²) in [6.07, 6.45) is 4.96. The minimum atomic E-state index is 0.279. The van der Waals surface area contributed by atoms with E-state index in [1.165, 1.54) is 11.3 Å². The molecule has 3 rings (SSSR count). The number of aromatic nitrogens is 2. The zero-order valence-corrected chi connectivity index (χ0v) is 11.2. The van der Waals surface area contributed by atoms with Crippen LogP contribution < -0.4 is 10.1 Å². The molecule has 1 unspecified atom stereocenters. The summed E-state index contributed by atoms with van der Waals surface area (Å²) in [5, 5.41) is 3.55. The predicted octanol–water partition coefficient (Wildman–Crippen LogP) is 2.52. The Morgan fingerprint density at radius 2 is 2.32 bits per heavy atom. The minimum Gasteiger partial charge on any atom is -0.491 e. The van der Waals surface area contributed by atoms with Gasteiger partial charge in [0.05, 0.1) is 18.1 Å². The molecule has 0 spiro atoms. The highest BCUT2D eigenvalue weighted by Gasteiger charge is 2.23. The number of nitrogens with one attached hydrogen (secondary N) is 1. The molecule has 1 aromatic heterocycles. The molecule has 1 N–H and O–H groups in total. The van der Waals surface area contributed by atoms with E-state index in [4.69, 9.17) is 4.74 Å². The molecule has 100 valence electrons. The van der Waals surface area contributed by atoms with E-state index in [0.717, 1.165) is 25.3 Å². The van der Waals surface area contributed by atoms with Crippen LogP contribution in [0.25, 0.3) is 0 Å². The van der Waals surface area contributed by atoms with Gasteiger partial charge < -0.3 is 14.6 Å². The van der Waals surface area contributed by atoms with Crippen LogP contribution in [-0.2, 0) is 13.1 Å². The topological polar surface area (TPSA) is 39.1 Å². The van der Waals surface area contributed by atoms with Gasteiger partial charge in [0.25, 0.3) is 0 Å². The first-order valence-corrected chi connectivity index (χ1v) is 6.82. The minimum absolute atomic E-state index is 0.279. The van der Waals surface area contributed by atoms with E-state index in [1.807, 2.05) is 24.7 Å². The fourth-order valence-electron chi connectivity index (χ4n) is 2.50. The Morgan fingerprint density at radius 1 is 1.42 bits per heavy atom. The molecular weight excluding hydrogens is 238 g/mol. The van der Waals surface area contributed by atoms with Crippen molar-refractivity contribution < 1.29 is 4.74 Å². The van der Waals surface area contributed by atoms with Crippen LogP contribution in [-0.4, -0.2) is 16.2 Å². The summed E-state index contributed by atoms with van der Waals surface area (Å²) in [6.45, 7) is 4.73. The van der Waals surface area contributed by atoms with E-state index in [9.17, 15) is 0 Å². The van der Waals surface area contributed by atoms with Gasteiger partial charge in [-0.1, -0.05) is 25.1 Å². The maximum Gasteiger partial charge on any atom is 0.124 e. The van der Waals surface area contributed by atoms with Crippen LogP contribution in [0.4, 0.5) is 0 Å². The molecular formula is C15H19N3O. The molecule has 4 nitrogen and oxygen atoms in total. The van der Waals surface area contributed by atoms with Gasteiger partial charge in [-0.25, -0.2) is 4.98 Å². The molecule has 0 bridgehead atoms. The molecule has 0 fully saturated rings. The standard InChI is InChI=1S/C15H19N3O/c1-2-7-18-11-16-8-12(18)9-17-14-10-19-15-6-4-3-5-13(14)15/h3-6,8,11,14,17H,2,7,9-10H2,1H3. The summed E-state index contributed by atoms with van der Waals surface area (Å²) in [6, 6.07) is 8.50. The SMILES string of the molecule is CCCn1cncc1CNC1COc2ccccc21. The predicted molar refractivity (Wildman–Crippen MR) is 74.0 cm³/mol. The van der Waals surface area contributed by atoms with Gasteiger partial charge in [0.2, 0.25) is 0 Å². The zero-order chi connectivity index (χ0) is 13.1. The van der Waals surface area contributed by atoms with Gasteiger partial charge in [-0.3, -0.25) is 0 Å². The van der Waals surface area contributed by atoms with E-state index >= 15 is 0 Å². The van der Waals surface area contributed by atoms with Crippen molar-refractivity contribution in [2.45, 2.75) is 32.5 Å². The Morgan fingerprint density at radius 3 is 3.21 bits per heavy atom. The number of hydrogen-bond acceptors (Lipinski definition) is 3. The van der Waals surface area contributed by atoms with Gasteiger partial charge in [-0.05, 0) is 12.5 Å². The lowest BCUT2D eigenvalue weighted by molar-refractivity contribution is 0.309. The maximum absolute atomic E-state index is 5.67. The number of rotatable bonds is 5. The first-order chi connectivity index (χ1) is 9.38. The number of hydrogen-bond donors (Lipinski definition) is 1. The molecule has 1 aliphatic rings. The van der Waals surface area contributed by atoms with Crippen molar-refractivity contribution in [1.82, 2.24) is 14.9 Å². The smallest absolute Gasteiger partial charge is 0.124 e. The van der Waals surface area contributed by atoms with E-state index in [1.54, 1.807) is 0 Å². The Kier molecular flexibility index (Phi) is 3.51. The van der Waals surface area contributed by atoms with Crippen LogP contribution in [0.2, 0.25) is 0 Å².